The van der Waals surface area contributed by atoms with Crippen LogP contribution in [0.4, 0.5) is 5.69 Å². The number of benzene rings is 3. The van der Waals surface area contributed by atoms with E-state index in [1.165, 1.54) is 19.9 Å². The molecule has 3 N–H and O–H groups in total. The van der Waals surface area contributed by atoms with E-state index in [1.807, 2.05) is 0 Å². The molecule has 0 radical (unpaired) electrons. The number of aromatic hydroxyl groups is 2. The number of hydrogen-bond donors (Lipinski definition) is 3. The van der Waals surface area contributed by atoms with Gasteiger partial charge in [-0.15, -0.1) is 0 Å². The minimum Gasteiger partial charge on any atom is -0.507 e. The van der Waals surface area contributed by atoms with Crippen molar-refractivity contribution in [3.8, 4) is 11.5 Å². The maximum atomic E-state index is 12.5. The van der Waals surface area contributed by atoms with Gasteiger partial charge in [-0.3, -0.25) is 9.59 Å². The predicted molar refractivity (Wildman–Crippen MR) is 107 cm³/mol. The average Bonchev–Trinajstić information content (AvgIpc) is 2.70. The Labute approximate surface area is 166 Å². The molecule has 3 aromatic carbocycles. The van der Waals surface area contributed by atoms with Crippen LogP contribution < -0.4 is 5.32 Å². The molecule has 7 heteroatoms. The van der Waals surface area contributed by atoms with Crippen LogP contribution in [0.15, 0.2) is 54.6 Å². The summed E-state index contributed by atoms with van der Waals surface area (Å²) >= 11 is 0. The number of phenols is 2. The van der Waals surface area contributed by atoms with Crippen molar-refractivity contribution in [3.63, 3.8) is 0 Å². The molecular formula is C22H19NO6. The number of carbonyl (C=O) groups is 3. The maximum absolute atomic E-state index is 12.5. The number of anilines is 1. The lowest BCUT2D eigenvalue weighted by Gasteiger charge is -2.15. The van der Waals surface area contributed by atoms with E-state index in [9.17, 15) is 24.6 Å². The molecule has 0 fully saturated rings. The lowest BCUT2D eigenvalue weighted by atomic mass is 10.0. The third kappa shape index (κ3) is 4.19. The van der Waals surface area contributed by atoms with Gasteiger partial charge in [-0.25, -0.2) is 4.79 Å². The lowest BCUT2D eigenvalue weighted by Crippen LogP contribution is -2.30. The first-order chi connectivity index (χ1) is 13.8. The summed E-state index contributed by atoms with van der Waals surface area (Å²) in [5.74, 6) is -2.24. The van der Waals surface area contributed by atoms with E-state index in [-0.39, 0.29) is 28.2 Å². The molecule has 1 atom stereocenters. The summed E-state index contributed by atoms with van der Waals surface area (Å²) in [5, 5.41) is 23.7. The lowest BCUT2D eigenvalue weighted by molar-refractivity contribution is -0.123. The zero-order chi connectivity index (χ0) is 21.1. The van der Waals surface area contributed by atoms with E-state index in [1.54, 1.807) is 42.5 Å². The van der Waals surface area contributed by atoms with E-state index in [0.717, 1.165) is 6.07 Å². The van der Waals surface area contributed by atoms with Gasteiger partial charge in [0.1, 0.15) is 17.1 Å². The number of amides is 1. The molecule has 0 aliphatic heterocycles. The molecule has 3 aromatic rings. The first kappa shape index (κ1) is 19.9. The Bertz CT molecular complexity index is 1120. The zero-order valence-electron chi connectivity index (χ0n) is 15.8. The summed E-state index contributed by atoms with van der Waals surface area (Å²) in [6.45, 7) is 2.79. The predicted octanol–water partition coefficient (Wildman–Crippen LogP) is 3.64. The third-order valence-electron chi connectivity index (χ3n) is 4.40. The van der Waals surface area contributed by atoms with Gasteiger partial charge >= 0.3 is 5.97 Å². The quantitative estimate of drug-likeness (QED) is 0.347. The van der Waals surface area contributed by atoms with Gasteiger partial charge in [0.25, 0.3) is 5.91 Å². The monoisotopic (exact) mass is 393 g/mol. The van der Waals surface area contributed by atoms with Gasteiger partial charge in [-0.1, -0.05) is 36.4 Å². The second-order valence-corrected chi connectivity index (χ2v) is 6.51. The molecule has 0 aliphatic rings. The van der Waals surface area contributed by atoms with Crippen LogP contribution in [0.25, 0.3) is 10.8 Å². The second-order valence-electron chi connectivity index (χ2n) is 6.51. The minimum absolute atomic E-state index is 0.146. The molecule has 0 aromatic heterocycles. The third-order valence-corrected chi connectivity index (χ3v) is 4.40. The van der Waals surface area contributed by atoms with Crippen molar-refractivity contribution in [3.05, 3.63) is 65.7 Å². The van der Waals surface area contributed by atoms with Crippen LogP contribution in [0.5, 0.6) is 11.5 Å². The Morgan fingerprint density at radius 2 is 1.66 bits per heavy atom. The van der Waals surface area contributed by atoms with Crippen LogP contribution in [0.1, 0.15) is 34.6 Å². The van der Waals surface area contributed by atoms with Crippen LogP contribution in [-0.4, -0.2) is 34.0 Å². The first-order valence-corrected chi connectivity index (χ1v) is 8.84. The van der Waals surface area contributed by atoms with E-state index < -0.39 is 18.0 Å². The summed E-state index contributed by atoms with van der Waals surface area (Å²) in [7, 11) is 0. The topological polar surface area (TPSA) is 113 Å². The Hall–Kier alpha value is -3.87. The number of esters is 1. The molecule has 0 spiro atoms. The molecule has 0 heterocycles. The number of hydrogen-bond acceptors (Lipinski definition) is 6. The van der Waals surface area contributed by atoms with Crippen molar-refractivity contribution in [1.82, 2.24) is 0 Å². The van der Waals surface area contributed by atoms with Crippen molar-refractivity contribution in [2.75, 3.05) is 5.32 Å². The number of rotatable bonds is 5. The van der Waals surface area contributed by atoms with Crippen LogP contribution in [0.2, 0.25) is 0 Å². The van der Waals surface area contributed by atoms with Crippen LogP contribution >= 0.6 is 0 Å². The van der Waals surface area contributed by atoms with Crippen molar-refractivity contribution < 1.29 is 29.3 Å². The van der Waals surface area contributed by atoms with E-state index >= 15 is 0 Å². The molecule has 0 saturated carbocycles. The molecule has 148 valence electrons. The Kier molecular flexibility index (Phi) is 5.50. The largest absolute Gasteiger partial charge is 0.507 e. The molecule has 0 unspecified atom stereocenters. The molecular weight excluding hydrogens is 374 g/mol. The fraction of sp³-hybridized carbons (Fsp3) is 0.136. The molecule has 1 amide bonds. The first-order valence-electron chi connectivity index (χ1n) is 8.84. The van der Waals surface area contributed by atoms with E-state index in [2.05, 4.69) is 5.32 Å². The normalized spacial score (nSPS) is 11.7. The van der Waals surface area contributed by atoms with Crippen molar-refractivity contribution in [1.29, 1.82) is 0 Å². The highest BCUT2D eigenvalue weighted by Gasteiger charge is 2.23. The molecule has 0 aliphatic carbocycles. The summed E-state index contributed by atoms with van der Waals surface area (Å²) in [6, 6.07) is 14.0. The summed E-state index contributed by atoms with van der Waals surface area (Å²) in [4.78, 5) is 36.2. The maximum Gasteiger partial charge on any atom is 0.342 e. The van der Waals surface area contributed by atoms with Gasteiger partial charge in [0.15, 0.2) is 11.9 Å². The number of Topliss-reactive ketones (excluding diaryl/α,β-unsaturated/α-hetero) is 1. The summed E-state index contributed by atoms with van der Waals surface area (Å²) in [6.07, 6.45) is -1.18. The van der Waals surface area contributed by atoms with Crippen LogP contribution in [0.3, 0.4) is 0 Å². The highest BCUT2D eigenvalue weighted by Crippen LogP contribution is 2.35. The van der Waals surface area contributed by atoms with Crippen molar-refractivity contribution >= 4 is 34.1 Å². The fourth-order valence-corrected chi connectivity index (χ4v) is 2.83. The Balaban J connectivity index is 1.76. The van der Waals surface area contributed by atoms with Gasteiger partial charge in [0.05, 0.1) is 0 Å². The second kappa shape index (κ2) is 8.02. The standard InChI is InChI=1S/C22H19NO6/c1-12(24)14-6-5-7-15(10-14)23-21(27)13(2)29-22(28)18-11-19(25)16-8-3-4-9-17(16)20(18)26/h3-11,13,25-26H,1-2H3,(H,23,27)/t13-/m1/s1. The SMILES string of the molecule is CC(=O)c1cccc(NC(=O)[C@@H](C)OC(=O)c2cc(O)c3ccccc3c2O)c1. The number of phenolic OH excluding ortho intramolecular Hbond substituents is 2. The smallest absolute Gasteiger partial charge is 0.342 e. The highest BCUT2D eigenvalue weighted by atomic mass is 16.5. The molecule has 29 heavy (non-hydrogen) atoms. The van der Waals surface area contributed by atoms with Gasteiger partial charge in [-0.05, 0) is 32.0 Å². The number of ketones is 1. The summed E-state index contributed by atoms with van der Waals surface area (Å²) in [5.41, 5.74) is 0.570. The van der Waals surface area contributed by atoms with Crippen LogP contribution in [0, 0.1) is 0 Å². The highest BCUT2D eigenvalue weighted by molar-refractivity contribution is 6.05. The Morgan fingerprint density at radius 3 is 2.34 bits per heavy atom. The average molecular weight is 393 g/mol. The molecule has 3 rings (SSSR count). The van der Waals surface area contributed by atoms with Gasteiger partial charge in [-0.2, -0.15) is 0 Å². The Morgan fingerprint density at radius 1 is 0.966 bits per heavy atom. The molecule has 0 saturated heterocycles. The van der Waals surface area contributed by atoms with Crippen LogP contribution in [-0.2, 0) is 9.53 Å². The fourth-order valence-electron chi connectivity index (χ4n) is 2.83. The number of carbonyl (C=O) groups excluding carboxylic acids is 3. The van der Waals surface area contributed by atoms with Crippen molar-refractivity contribution in [2.45, 2.75) is 20.0 Å². The van der Waals surface area contributed by atoms with Gasteiger partial charge < -0.3 is 20.3 Å². The van der Waals surface area contributed by atoms with E-state index in [0.29, 0.717) is 16.6 Å². The molecule has 7 nitrogen and oxygen atoms in total. The van der Waals surface area contributed by atoms with Gasteiger partial charge in [0.2, 0.25) is 0 Å². The molecule has 0 bridgehead atoms. The number of nitrogens with one attached hydrogen (secondary N) is 1. The van der Waals surface area contributed by atoms with Gasteiger partial charge in [0, 0.05) is 22.0 Å². The number of ether oxygens (including phenoxy) is 1. The van der Waals surface area contributed by atoms with Crippen molar-refractivity contribution in [2.24, 2.45) is 0 Å². The minimum atomic E-state index is -1.18. The zero-order valence-corrected chi connectivity index (χ0v) is 15.8. The summed E-state index contributed by atoms with van der Waals surface area (Å²) < 4.78 is 5.14. The number of fused-ring (bicyclic) bond motifs is 1. The van der Waals surface area contributed by atoms with E-state index in [4.69, 9.17) is 4.74 Å².